The van der Waals surface area contributed by atoms with Crippen LogP contribution >= 0.6 is 15.9 Å². The summed E-state index contributed by atoms with van der Waals surface area (Å²) < 4.78 is 19.8. The van der Waals surface area contributed by atoms with Gasteiger partial charge in [0.25, 0.3) is 0 Å². The summed E-state index contributed by atoms with van der Waals surface area (Å²) in [7, 11) is 1.94. The molecule has 2 unspecified atom stereocenters. The van der Waals surface area contributed by atoms with Gasteiger partial charge in [0.1, 0.15) is 5.82 Å². The Morgan fingerprint density at radius 3 is 3.00 bits per heavy atom. The minimum Gasteiger partial charge on any atom is -0.377 e. The van der Waals surface area contributed by atoms with Gasteiger partial charge in [0.05, 0.1) is 10.6 Å². The highest BCUT2D eigenvalue weighted by molar-refractivity contribution is 9.10. The summed E-state index contributed by atoms with van der Waals surface area (Å²) in [5.41, 5.74) is 0.989. The van der Waals surface area contributed by atoms with Crippen molar-refractivity contribution in [3.8, 4) is 0 Å². The highest BCUT2D eigenvalue weighted by Gasteiger charge is 2.24. The van der Waals surface area contributed by atoms with Crippen molar-refractivity contribution >= 4 is 15.9 Å². The topological polar surface area (TPSA) is 21.3 Å². The zero-order valence-corrected chi connectivity index (χ0v) is 12.2. The molecular weight excluding hydrogens is 297 g/mol. The second kappa shape index (κ2) is 6.64. The summed E-state index contributed by atoms with van der Waals surface area (Å²) in [5, 5.41) is 3.30. The Bertz CT molecular complexity index is 393. The van der Waals surface area contributed by atoms with Crippen molar-refractivity contribution in [2.45, 2.75) is 37.8 Å². The molecule has 1 aromatic carbocycles. The number of likely N-dealkylation sites (N-methyl/N-ethyl adjacent to an activating group) is 1. The van der Waals surface area contributed by atoms with Gasteiger partial charge in [0, 0.05) is 12.6 Å². The summed E-state index contributed by atoms with van der Waals surface area (Å²) in [6, 6.07) is 5.42. The first-order valence-corrected chi connectivity index (χ1v) is 7.23. The Hall–Kier alpha value is -0.450. The monoisotopic (exact) mass is 315 g/mol. The maximum atomic E-state index is 13.5. The molecule has 1 aliphatic rings. The lowest BCUT2D eigenvalue weighted by Crippen LogP contribution is -2.42. The molecule has 0 aromatic heterocycles. The molecule has 2 rings (SSSR count). The van der Waals surface area contributed by atoms with E-state index in [9.17, 15) is 4.39 Å². The lowest BCUT2D eigenvalue weighted by Gasteiger charge is -2.30. The van der Waals surface area contributed by atoms with Crippen LogP contribution in [0, 0.1) is 5.82 Å². The van der Waals surface area contributed by atoms with Gasteiger partial charge in [-0.05, 0) is 60.3 Å². The normalized spacial score (nSPS) is 21.8. The third kappa shape index (κ3) is 3.31. The smallest absolute Gasteiger partial charge is 0.137 e. The van der Waals surface area contributed by atoms with Crippen LogP contribution in [0.15, 0.2) is 22.7 Å². The average molecular weight is 316 g/mol. The fourth-order valence-corrected chi connectivity index (χ4v) is 2.87. The molecular formula is C14H19BrFNO. The summed E-state index contributed by atoms with van der Waals surface area (Å²) in [4.78, 5) is 0. The molecule has 1 fully saturated rings. The van der Waals surface area contributed by atoms with Crippen LogP contribution in [0.1, 0.15) is 24.8 Å². The van der Waals surface area contributed by atoms with Gasteiger partial charge in [-0.2, -0.15) is 0 Å². The Labute approximate surface area is 116 Å². The predicted octanol–water partition coefficient (Wildman–Crippen LogP) is 3.29. The molecule has 18 heavy (non-hydrogen) atoms. The molecule has 2 atom stereocenters. The Morgan fingerprint density at radius 1 is 1.50 bits per heavy atom. The van der Waals surface area contributed by atoms with Crippen LogP contribution in [0.25, 0.3) is 0 Å². The molecule has 100 valence electrons. The van der Waals surface area contributed by atoms with E-state index in [1.807, 2.05) is 13.1 Å². The zero-order valence-electron chi connectivity index (χ0n) is 10.6. The van der Waals surface area contributed by atoms with Crippen molar-refractivity contribution in [3.63, 3.8) is 0 Å². The summed E-state index contributed by atoms with van der Waals surface area (Å²) in [5.74, 6) is -0.202. The number of ether oxygens (including phenoxy) is 1. The second-order valence-corrected chi connectivity index (χ2v) is 5.51. The van der Waals surface area contributed by atoms with Crippen LogP contribution in [-0.2, 0) is 11.2 Å². The van der Waals surface area contributed by atoms with Crippen LogP contribution in [0.5, 0.6) is 0 Å². The van der Waals surface area contributed by atoms with Gasteiger partial charge in [-0.3, -0.25) is 0 Å². The van der Waals surface area contributed by atoms with Gasteiger partial charge in [-0.15, -0.1) is 0 Å². The van der Waals surface area contributed by atoms with Crippen molar-refractivity contribution in [1.82, 2.24) is 5.32 Å². The first kappa shape index (κ1) is 14.0. The van der Waals surface area contributed by atoms with Crippen LogP contribution in [0.4, 0.5) is 4.39 Å². The molecule has 4 heteroatoms. The van der Waals surface area contributed by atoms with Crippen molar-refractivity contribution in [2.75, 3.05) is 13.7 Å². The first-order valence-electron chi connectivity index (χ1n) is 6.44. The maximum absolute atomic E-state index is 13.5. The molecule has 0 amide bonds. The van der Waals surface area contributed by atoms with E-state index in [0.29, 0.717) is 4.47 Å². The van der Waals surface area contributed by atoms with Gasteiger partial charge in [0.2, 0.25) is 0 Å². The van der Waals surface area contributed by atoms with Crippen molar-refractivity contribution in [3.05, 3.63) is 34.1 Å². The molecule has 1 aliphatic heterocycles. The van der Waals surface area contributed by atoms with Crippen molar-refractivity contribution in [2.24, 2.45) is 0 Å². The van der Waals surface area contributed by atoms with Crippen molar-refractivity contribution < 1.29 is 9.13 Å². The summed E-state index contributed by atoms with van der Waals surface area (Å²) in [6.45, 7) is 0.840. The molecule has 0 spiro atoms. The van der Waals surface area contributed by atoms with Gasteiger partial charge in [0.15, 0.2) is 0 Å². The third-order valence-electron chi connectivity index (χ3n) is 3.51. The molecule has 0 bridgehead atoms. The standard InChI is InChI=1S/C14H19BrFNO/c1-17-12(13-7-2-3-8-18-13)9-10-5-4-6-11(16)14(10)15/h4-6,12-13,17H,2-3,7-9H2,1H3. The highest BCUT2D eigenvalue weighted by atomic mass is 79.9. The Morgan fingerprint density at radius 2 is 2.33 bits per heavy atom. The lowest BCUT2D eigenvalue weighted by molar-refractivity contribution is -0.00591. The third-order valence-corrected chi connectivity index (χ3v) is 4.39. The fourth-order valence-electron chi connectivity index (χ4n) is 2.45. The van der Waals surface area contributed by atoms with E-state index in [2.05, 4.69) is 21.2 Å². The van der Waals surface area contributed by atoms with Gasteiger partial charge < -0.3 is 10.1 Å². The predicted molar refractivity (Wildman–Crippen MR) is 74.2 cm³/mol. The van der Waals surface area contributed by atoms with E-state index < -0.39 is 0 Å². The molecule has 2 nitrogen and oxygen atoms in total. The number of rotatable bonds is 4. The Balaban J connectivity index is 2.07. The molecule has 1 heterocycles. The number of benzene rings is 1. The first-order chi connectivity index (χ1) is 8.72. The average Bonchev–Trinajstić information content (AvgIpc) is 2.41. The zero-order chi connectivity index (χ0) is 13.0. The SMILES string of the molecule is CNC(Cc1cccc(F)c1Br)C1CCCCO1. The number of hydrogen-bond donors (Lipinski definition) is 1. The second-order valence-electron chi connectivity index (χ2n) is 4.72. The molecule has 1 saturated heterocycles. The minimum atomic E-state index is -0.202. The quantitative estimate of drug-likeness (QED) is 0.920. The number of nitrogens with one attached hydrogen (secondary N) is 1. The summed E-state index contributed by atoms with van der Waals surface area (Å²) in [6.07, 6.45) is 4.46. The molecule has 1 N–H and O–H groups in total. The number of halogens is 2. The maximum Gasteiger partial charge on any atom is 0.137 e. The van der Waals surface area contributed by atoms with Crippen LogP contribution in [0.3, 0.4) is 0 Å². The van der Waals surface area contributed by atoms with Gasteiger partial charge in [-0.25, -0.2) is 4.39 Å². The van der Waals surface area contributed by atoms with Crippen LogP contribution in [-0.4, -0.2) is 25.8 Å². The lowest BCUT2D eigenvalue weighted by atomic mass is 9.96. The molecule has 0 aliphatic carbocycles. The van der Waals surface area contributed by atoms with E-state index in [1.54, 1.807) is 6.07 Å². The fraction of sp³-hybridized carbons (Fsp3) is 0.571. The molecule has 0 radical (unpaired) electrons. The van der Waals surface area contributed by atoms with E-state index in [0.717, 1.165) is 31.4 Å². The van der Waals surface area contributed by atoms with E-state index in [-0.39, 0.29) is 18.0 Å². The highest BCUT2D eigenvalue weighted by Crippen LogP contribution is 2.24. The summed E-state index contributed by atoms with van der Waals surface area (Å²) >= 11 is 3.32. The Kier molecular flexibility index (Phi) is 5.15. The van der Waals surface area contributed by atoms with Crippen molar-refractivity contribution in [1.29, 1.82) is 0 Å². The van der Waals surface area contributed by atoms with E-state index in [4.69, 9.17) is 4.74 Å². The van der Waals surface area contributed by atoms with E-state index >= 15 is 0 Å². The molecule has 0 saturated carbocycles. The molecule has 1 aromatic rings. The van der Waals surface area contributed by atoms with Gasteiger partial charge >= 0.3 is 0 Å². The number of hydrogen-bond acceptors (Lipinski definition) is 2. The van der Waals surface area contributed by atoms with Gasteiger partial charge in [-0.1, -0.05) is 12.1 Å². The largest absolute Gasteiger partial charge is 0.377 e. The van der Waals surface area contributed by atoms with Crippen LogP contribution in [0.2, 0.25) is 0 Å². The minimum absolute atomic E-state index is 0.202. The van der Waals surface area contributed by atoms with E-state index in [1.165, 1.54) is 12.5 Å². The van der Waals surface area contributed by atoms with Crippen LogP contribution < -0.4 is 5.32 Å².